The predicted octanol–water partition coefficient (Wildman–Crippen LogP) is 5.06. The van der Waals surface area contributed by atoms with Crippen molar-refractivity contribution in [3.8, 4) is 0 Å². The Hall–Kier alpha value is -1.28. The molecule has 1 aliphatic heterocycles. The van der Waals surface area contributed by atoms with Crippen molar-refractivity contribution in [1.82, 2.24) is 0 Å². The van der Waals surface area contributed by atoms with Crippen LogP contribution in [-0.4, -0.2) is 13.1 Å². The number of rotatable bonds is 2. The molecule has 1 unspecified atom stereocenters. The SMILES string of the molecule is Cc1ccc(C)c(N2CCC(c3ccc(Br)cc3)C2)c1. The lowest BCUT2D eigenvalue weighted by Gasteiger charge is -2.21. The Morgan fingerprint density at radius 2 is 1.80 bits per heavy atom. The summed E-state index contributed by atoms with van der Waals surface area (Å²) in [6, 6.07) is 15.5. The standard InChI is InChI=1S/C18H20BrN/c1-13-3-4-14(2)18(11-13)20-10-9-16(12-20)15-5-7-17(19)8-6-15/h3-8,11,16H,9-10,12H2,1-2H3. The first-order valence-electron chi connectivity index (χ1n) is 7.21. The zero-order valence-electron chi connectivity index (χ0n) is 12.1. The third-order valence-electron chi connectivity index (χ3n) is 4.23. The Morgan fingerprint density at radius 3 is 2.55 bits per heavy atom. The van der Waals surface area contributed by atoms with Gasteiger partial charge in [-0.1, -0.05) is 40.2 Å². The Labute approximate surface area is 129 Å². The van der Waals surface area contributed by atoms with E-state index in [1.54, 1.807) is 0 Å². The lowest BCUT2D eigenvalue weighted by atomic mass is 9.99. The maximum atomic E-state index is 3.51. The van der Waals surface area contributed by atoms with Gasteiger partial charge in [0.25, 0.3) is 0 Å². The summed E-state index contributed by atoms with van der Waals surface area (Å²) in [5, 5.41) is 0. The van der Waals surface area contributed by atoms with E-state index in [0.717, 1.165) is 17.6 Å². The van der Waals surface area contributed by atoms with Gasteiger partial charge in [0.1, 0.15) is 0 Å². The minimum Gasteiger partial charge on any atom is -0.371 e. The molecule has 0 radical (unpaired) electrons. The van der Waals surface area contributed by atoms with Gasteiger partial charge in [-0.2, -0.15) is 0 Å². The van der Waals surface area contributed by atoms with E-state index in [4.69, 9.17) is 0 Å². The summed E-state index contributed by atoms with van der Waals surface area (Å²) in [5.41, 5.74) is 5.59. The molecule has 1 heterocycles. The maximum Gasteiger partial charge on any atom is 0.0398 e. The highest BCUT2D eigenvalue weighted by molar-refractivity contribution is 9.10. The van der Waals surface area contributed by atoms with E-state index in [1.165, 1.54) is 28.8 Å². The lowest BCUT2D eigenvalue weighted by molar-refractivity contribution is 0.775. The minimum atomic E-state index is 0.656. The quantitative estimate of drug-likeness (QED) is 0.744. The smallest absolute Gasteiger partial charge is 0.0398 e. The number of hydrogen-bond acceptors (Lipinski definition) is 1. The van der Waals surface area contributed by atoms with Gasteiger partial charge in [-0.15, -0.1) is 0 Å². The Morgan fingerprint density at radius 1 is 1.05 bits per heavy atom. The van der Waals surface area contributed by atoms with Gasteiger partial charge in [-0.3, -0.25) is 0 Å². The zero-order chi connectivity index (χ0) is 14.1. The van der Waals surface area contributed by atoms with Crippen LogP contribution in [0.2, 0.25) is 0 Å². The Bertz CT molecular complexity index is 603. The van der Waals surface area contributed by atoms with E-state index in [0.29, 0.717) is 5.92 Å². The third kappa shape index (κ3) is 2.76. The molecule has 1 fully saturated rings. The van der Waals surface area contributed by atoms with Gasteiger partial charge in [0, 0.05) is 29.2 Å². The number of hydrogen-bond donors (Lipinski definition) is 0. The van der Waals surface area contributed by atoms with Crippen LogP contribution in [0.5, 0.6) is 0 Å². The second kappa shape index (κ2) is 5.61. The molecule has 0 N–H and O–H groups in total. The number of nitrogens with zero attached hydrogens (tertiary/aromatic N) is 1. The number of benzene rings is 2. The molecule has 1 aliphatic rings. The molecule has 0 aromatic heterocycles. The van der Waals surface area contributed by atoms with Gasteiger partial charge in [-0.05, 0) is 55.2 Å². The first-order valence-corrected chi connectivity index (χ1v) is 8.00. The van der Waals surface area contributed by atoms with E-state index in [9.17, 15) is 0 Å². The maximum absolute atomic E-state index is 3.51. The van der Waals surface area contributed by atoms with Crippen LogP contribution in [0.3, 0.4) is 0 Å². The van der Waals surface area contributed by atoms with Crippen LogP contribution in [0.1, 0.15) is 29.0 Å². The van der Waals surface area contributed by atoms with E-state index < -0.39 is 0 Å². The van der Waals surface area contributed by atoms with Crippen LogP contribution in [0, 0.1) is 13.8 Å². The number of anilines is 1. The highest BCUT2D eigenvalue weighted by atomic mass is 79.9. The fourth-order valence-corrected chi connectivity index (χ4v) is 3.31. The van der Waals surface area contributed by atoms with Crippen LogP contribution < -0.4 is 4.90 Å². The average molecular weight is 330 g/mol. The van der Waals surface area contributed by atoms with Crippen LogP contribution in [0.4, 0.5) is 5.69 Å². The third-order valence-corrected chi connectivity index (χ3v) is 4.76. The van der Waals surface area contributed by atoms with Crippen molar-refractivity contribution in [2.45, 2.75) is 26.2 Å². The Kier molecular flexibility index (Phi) is 3.84. The molecule has 0 aliphatic carbocycles. The van der Waals surface area contributed by atoms with Crippen molar-refractivity contribution in [2.75, 3.05) is 18.0 Å². The molecule has 104 valence electrons. The highest BCUT2D eigenvalue weighted by Gasteiger charge is 2.24. The molecule has 1 saturated heterocycles. The minimum absolute atomic E-state index is 0.656. The summed E-state index contributed by atoms with van der Waals surface area (Å²) < 4.78 is 1.16. The van der Waals surface area contributed by atoms with Gasteiger partial charge in [0.2, 0.25) is 0 Å². The summed E-state index contributed by atoms with van der Waals surface area (Å²) >= 11 is 3.51. The van der Waals surface area contributed by atoms with Crippen LogP contribution in [0.15, 0.2) is 46.9 Å². The van der Waals surface area contributed by atoms with E-state index >= 15 is 0 Å². The molecule has 0 amide bonds. The van der Waals surface area contributed by atoms with E-state index in [-0.39, 0.29) is 0 Å². The molecular weight excluding hydrogens is 310 g/mol. The second-order valence-corrected chi connectivity index (χ2v) is 6.69. The lowest BCUT2D eigenvalue weighted by Crippen LogP contribution is -2.20. The first kappa shape index (κ1) is 13.7. The topological polar surface area (TPSA) is 3.24 Å². The zero-order valence-corrected chi connectivity index (χ0v) is 13.7. The average Bonchev–Trinajstić information content (AvgIpc) is 2.92. The fraction of sp³-hybridized carbons (Fsp3) is 0.333. The fourth-order valence-electron chi connectivity index (χ4n) is 3.05. The van der Waals surface area contributed by atoms with E-state index in [1.807, 2.05) is 0 Å². The molecule has 20 heavy (non-hydrogen) atoms. The van der Waals surface area contributed by atoms with Crippen LogP contribution >= 0.6 is 15.9 Å². The molecule has 1 nitrogen and oxygen atoms in total. The van der Waals surface area contributed by atoms with Gasteiger partial charge >= 0.3 is 0 Å². The van der Waals surface area contributed by atoms with Crippen molar-refractivity contribution in [2.24, 2.45) is 0 Å². The molecule has 0 spiro atoms. The van der Waals surface area contributed by atoms with Crippen molar-refractivity contribution in [3.63, 3.8) is 0 Å². The summed E-state index contributed by atoms with van der Waals surface area (Å²) in [6.45, 7) is 6.67. The number of aryl methyl sites for hydroxylation is 2. The molecular formula is C18H20BrN. The monoisotopic (exact) mass is 329 g/mol. The highest BCUT2D eigenvalue weighted by Crippen LogP contribution is 2.33. The summed E-state index contributed by atoms with van der Waals surface area (Å²) in [6.07, 6.45) is 1.25. The Balaban J connectivity index is 1.79. The van der Waals surface area contributed by atoms with Crippen LogP contribution in [-0.2, 0) is 0 Å². The molecule has 2 aromatic carbocycles. The second-order valence-electron chi connectivity index (χ2n) is 5.77. The molecule has 1 atom stereocenters. The molecule has 2 aromatic rings. The summed E-state index contributed by atoms with van der Waals surface area (Å²) in [7, 11) is 0. The van der Waals surface area contributed by atoms with Crippen LogP contribution in [0.25, 0.3) is 0 Å². The number of halogens is 1. The molecule has 0 bridgehead atoms. The van der Waals surface area contributed by atoms with Gasteiger partial charge in [-0.25, -0.2) is 0 Å². The van der Waals surface area contributed by atoms with Gasteiger partial charge < -0.3 is 4.90 Å². The largest absolute Gasteiger partial charge is 0.371 e. The molecule has 0 saturated carbocycles. The van der Waals surface area contributed by atoms with Crippen molar-refractivity contribution >= 4 is 21.6 Å². The first-order chi connectivity index (χ1) is 9.63. The van der Waals surface area contributed by atoms with Crippen molar-refractivity contribution in [1.29, 1.82) is 0 Å². The van der Waals surface area contributed by atoms with Crippen molar-refractivity contribution < 1.29 is 0 Å². The summed E-state index contributed by atoms with van der Waals surface area (Å²) in [4.78, 5) is 2.54. The molecule has 3 rings (SSSR count). The molecule has 2 heteroatoms. The van der Waals surface area contributed by atoms with Crippen molar-refractivity contribution in [3.05, 3.63) is 63.6 Å². The normalized spacial score (nSPS) is 18.6. The van der Waals surface area contributed by atoms with Gasteiger partial charge in [0.05, 0.1) is 0 Å². The van der Waals surface area contributed by atoms with E-state index in [2.05, 4.69) is 77.1 Å². The van der Waals surface area contributed by atoms with Gasteiger partial charge in [0.15, 0.2) is 0 Å². The predicted molar refractivity (Wildman–Crippen MR) is 89.6 cm³/mol. The summed E-state index contributed by atoms with van der Waals surface area (Å²) in [5.74, 6) is 0.656.